The summed E-state index contributed by atoms with van der Waals surface area (Å²) in [5.74, 6) is 0.254. The molecule has 0 radical (unpaired) electrons. The van der Waals surface area contributed by atoms with Gasteiger partial charge in [-0.3, -0.25) is 14.5 Å². The highest BCUT2D eigenvalue weighted by Gasteiger charge is 2.58. The maximum atomic E-state index is 13.3. The lowest BCUT2D eigenvalue weighted by Crippen LogP contribution is -2.64. The van der Waals surface area contributed by atoms with Crippen molar-refractivity contribution in [3.05, 3.63) is 60.1 Å². The lowest BCUT2D eigenvalue weighted by atomic mass is 9.70. The zero-order valence-electron chi connectivity index (χ0n) is 16.6. The molecule has 0 saturated carbocycles. The second-order valence-corrected chi connectivity index (χ2v) is 8.78. The Bertz CT molecular complexity index is 868. The molecule has 6 heteroatoms. The molecule has 3 saturated heterocycles. The van der Waals surface area contributed by atoms with Crippen molar-refractivity contribution < 1.29 is 14.0 Å². The van der Waals surface area contributed by atoms with Crippen molar-refractivity contribution in [2.24, 2.45) is 11.3 Å². The molecule has 3 fully saturated rings. The number of furan rings is 1. The monoisotopic (exact) mass is 393 g/mol. The van der Waals surface area contributed by atoms with Crippen LogP contribution in [0.1, 0.15) is 28.8 Å². The summed E-state index contributed by atoms with van der Waals surface area (Å²) >= 11 is 0. The maximum Gasteiger partial charge on any atom is 0.257 e. The standard InChI is InChI=1S/C23H27N3O3/c27-21(19-8-11-29-14-19)26-16-23(17-26)15-24(12-18-6-2-1-3-7-18)13-20(23)22(28)25-9-4-5-10-25/h1-3,6-8,11,14,20H,4-5,9-10,12-13,15-17H2. The number of likely N-dealkylation sites (tertiary alicyclic amines) is 3. The summed E-state index contributed by atoms with van der Waals surface area (Å²) < 4.78 is 5.07. The van der Waals surface area contributed by atoms with Gasteiger partial charge in [0.15, 0.2) is 0 Å². The molecule has 3 aliphatic rings. The van der Waals surface area contributed by atoms with Gasteiger partial charge in [0.25, 0.3) is 5.91 Å². The fourth-order valence-electron chi connectivity index (χ4n) is 5.28. The Labute approximate surface area is 171 Å². The average molecular weight is 393 g/mol. The van der Waals surface area contributed by atoms with E-state index < -0.39 is 0 Å². The van der Waals surface area contributed by atoms with Crippen molar-refractivity contribution in [1.82, 2.24) is 14.7 Å². The molecule has 1 unspecified atom stereocenters. The van der Waals surface area contributed by atoms with Gasteiger partial charge in [0.1, 0.15) is 6.26 Å². The van der Waals surface area contributed by atoms with Crippen molar-refractivity contribution >= 4 is 11.8 Å². The van der Waals surface area contributed by atoms with E-state index in [1.807, 2.05) is 15.9 Å². The van der Waals surface area contributed by atoms with Crippen molar-refractivity contribution in [2.75, 3.05) is 39.3 Å². The van der Waals surface area contributed by atoms with Crippen LogP contribution in [-0.4, -0.2) is 65.8 Å². The molecule has 1 atom stereocenters. The van der Waals surface area contributed by atoms with Crippen LogP contribution in [0.25, 0.3) is 0 Å². The van der Waals surface area contributed by atoms with Crippen LogP contribution in [0.15, 0.2) is 53.3 Å². The second kappa shape index (κ2) is 7.34. The third-order valence-corrected chi connectivity index (χ3v) is 6.75. The molecule has 0 N–H and O–H groups in total. The number of rotatable bonds is 4. The highest BCUT2D eigenvalue weighted by atomic mass is 16.3. The van der Waals surface area contributed by atoms with Gasteiger partial charge < -0.3 is 14.2 Å². The Kier molecular flexibility index (Phi) is 4.66. The molecule has 6 nitrogen and oxygen atoms in total. The van der Waals surface area contributed by atoms with Gasteiger partial charge >= 0.3 is 0 Å². The van der Waals surface area contributed by atoms with E-state index in [0.29, 0.717) is 18.7 Å². The molecule has 5 rings (SSSR count). The summed E-state index contributed by atoms with van der Waals surface area (Å²) in [6.45, 7) is 5.53. The van der Waals surface area contributed by atoms with Crippen molar-refractivity contribution in [1.29, 1.82) is 0 Å². The summed E-state index contributed by atoms with van der Waals surface area (Å²) in [6, 6.07) is 12.1. The van der Waals surface area contributed by atoms with Gasteiger partial charge in [-0.25, -0.2) is 0 Å². The predicted molar refractivity (Wildman–Crippen MR) is 108 cm³/mol. The van der Waals surface area contributed by atoms with Crippen LogP contribution >= 0.6 is 0 Å². The fourth-order valence-corrected chi connectivity index (χ4v) is 5.28. The third-order valence-electron chi connectivity index (χ3n) is 6.75. The number of hydrogen-bond donors (Lipinski definition) is 0. The molecular formula is C23H27N3O3. The molecule has 29 heavy (non-hydrogen) atoms. The summed E-state index contributed by atoms with van der Waals surface area (Å²) in [5.41, 5.74) is 1.72. The van der Waals surface area contributed by atoms with Gasteiger partial charge in [0.2, 0.25) is 5.91 Å². The molecule has 0 bridgehead atoms. The predicted octanol–water partition coefficient (Wildman–Crippen LogP) is 2.48. The second-order valence-electron chi connectivity index (χ2n) is 8.78. The molecule has 152 valence electrons. The SMILES string of the molecule is O=C(c1ccoc1)N1CC2(CN(Cc3ccccc3)CC2C(=O)N2CCCC2)C1. The Morgan fingerprint density at radius 2 is 1.76 bits per heavy atom. The van der Waals surface area contributed by atoms with E-state index in [9.17, 15) is 9.59 Å². The molecule has 4 heterocycles. The Morgan fingerprint density at radius 1 is 1.00 bits per heavy atom. The van der Waals surface area contributed by atoms with Crippen LogP contribution in [-0.2, 0) is 11.3 Å². The van der Waals surface area contributed by atoms with E-state index in [4.69, 9.17) is 4.42 Å². The van der Waals surface area contributed by atoms with Crippen molar-refractivity contribution in [3.63, 3.8) is 0 Å². The number of nitrogens with zero attached hydrogens (tertiary/aromatic N) is 3. The normalized spacial score (nSPS) is 23.5. The number of benzene rings is 1. The molecular weight excluding hydrogens is 366 g/mol. The van der Waals surface area contributed by atoms with Gasteiger partial charge in [-0.15, -0.1) is 0 Å². The Hall–Kier alpha value is -2.60. The highest BCUT2D eigenvalue weighted by molar-refractivity contribution is 5.94. The third kappa shape index (κ3) is 3.35. The first-order valence-corrected chi connectivity index (χ1v) is 10.5. The Balaban J connectivity index is 1.33. The molecule has 1 aromatic heterocycles. The van der Waals surface area contributed by atoms with Gasteiger partial charge in [0.05, 0.1) is 17.7 Å². The van der Waals surface area contributed by atoms with Crippen LogP contribution in [0, 0.1) is 11.3 Å². The van der Waals surface area contributed by atoms with E-state index in [2.05, 4.69) is 29.2 Å². The van der Waals surface area contributed by atoms with Crippen molar-refractivity contribution in [2.45, 2.75) is 19.4 Å². The van der Waals surface area contributed by atoms with Gasteiger partial charge in [-0.2, -0.15) is 0 Å². The molecule has 0 aliphatic carbocycles. The molecule has 1 spiro atoms. The highest BCUT2D eigenvalue weighted by Crippen LogP contribution is 2.46. The first-order chi connectivity index (χ1) is 14.1. The molecule has 2 aromatic rings. The smallest absolute Gasteiger partial charge is 0.257 e. The van der Waals surface area contributed by atoms with E-state index in [1.165, 1.54) is 18.1 Å². The van der Waals surface area contributed by atoms with Crippen LogP contribution in [0.3, 0.4) is 0 Å². The minimum absolute atomic E-state index is 0.00161. The number of hydrogen-bond acceptors (Lipinski definition) is 4. The van der Waals surface area contributed by atoms with Gasteiger partial charge in [0, 0.05) is 51.2 Å². The Morgan fingerprint density at radius 3 is 2.45 bits per heavy atom. The maximum absolute atomic E-state index is 13.3. The van der Waals surface area contributed by atoms with E-state index in [-0.39, 0.29) is 23.1 Å². The number of amides is 2. The van der Waals surface area contributed by atoms with E-state index >= 15 is 0 Å². The first-order valence-electron chi connectivity index (χ1n) is 10.5. The van der Waals surface area contributed by atoms with Crippen LogP contribution in [0.4, 0.5) is 0 Å². The minimum Gasteiger partial charge on any atom is -0.472 e. The summed E-state index contributed by atoms with van der Waals surface area (Å²) in [4.78, 5) is 32.3. The van der Waals surface area contributed by atoms with Crippen LogP contribution < -0.4 is 0 Å². The fraction of sp³-hybridized carbons (Fsp3) is 0.478. The van der Waals surface area contributed by atoms with Gasteiger partial charge in [-0.05, 0) is 24.5 Å². The first kappa shape index (κ1) is 18.4. The lowest BCUT2D eigenvalue weighted by Gasteiger charge is -2.51. The topological polar surface area (TPSA) is 57.0 Å². The van der Waals surface area contributed by atoms with Crippen LogP contribution in [0.2, 0.25) is 0 Å². The summed E-state index contributed by atoms with van der Waals surface area (Å²) in [7, 11) is 0. The number of carbonyl (C=O) groups is 2. The molecule has 1 aromatic carbocycles. The largest absolute Gasteiger partial charge is 0.472 e. The average Bonchev–Trinajstić information content (AvgIpc) is 3.46. The lowest BCUT2D eigenvalue weighted by molar-refractivity contribution is -0.141. The van der Waals surface area contributed by atoms with Crippen molar-refractivity contribution in [3.8, 4) is 0 Å². The summed E-state index contributed by atoms with van der Waals surface area (Å²) in [5, 5.41) is 0. The zero-order chi connectivity index (χ0) is 19.8. The minimum atomic E-state index is -0.131. The number of carbonyl (C=O) groups excluding carboxylic acids is 2. The van der Waals surface area contributed by atoms with E-state index in [0.717, 1.165) is 45.6 Å². The molecule has 3 aliphatic heterocycles. The quantitative estimate of drug-likeness (QED) is 0.801. The van der Waals surface area contributed by atoms with Gasteiger partial charge in [-0.1, -0.05) is 30.3 Å². The van der Waals surface area contributed by atoms with E-state index in [1.54, 1.807) is 6.07 Å². The summed E-state index contributed by atoms with van der Waals surface area (Å²) in [6.07, 6.45) is 5.23. The zero-order valence-corrected chi connectivity index (χ0v) is 16.6. The van der Waals surface area contributed by atoms with Crippen LogP contribution in [0.5, 0.6) is 0 Å². The molecule has 2 amide bonds.